The molecule has 19 heavy (non-hydrogen) atoms. The van der Waals surface area contributed by atoms with E-state index in [0.717, 1.165) is 10.4 Å². The summed E-state index contributed by atoms with van der Waals surface area (Å²) in [5, 5.41) is 3.63. The normalized spacial score (nSPS) is 21.8. The van der Waals surface area contributed by atoms with Gasteiger partial charge in [0.15, 0.2) is 0 Å². The standard InChI is InChI=1S/C17H18BrN/c1-12-7-15(18)11-16(8-12)19-17-9-14(10-17)13-5-3-2-4-6-13/h2-8,11,14,17,19H,9-10H2,1H3. The molecule has 0 aliphatic heterocycles. The molecule has 1 saturated carbocycles. The van der Waals surface area contributed by atoms with Gasteiger partial charge in [-0.05, 0) is 55.0 Å². The van der Waals surface area contributed by atoms with Gasteiger partial charge >= 0.3 is 0 Å². The van der Waals surface area contributed by atoms with E-state index in [1.54, 1.807) is 0 Å². The lowest BCUT2D eigenvalue weighted by molar-refractivity contribution is 0.374. The van der Waals surface area contributed by atoms with Crippen molar-refractivity contribution in [3.05, 3.63) is 64.1 Å². The molecule has 2 aromatic carbocycles. The predicted octanol–water partition coefficient (Wildman–Crippen LogP) is 5.12. The van der Waals surface area contributed by atoms with E-state index in [4.69, 9.17) is 0 Å². The molecule has 0 bridgehead atoms. The molecule has 98 valence electrons. The summed E-state index contributed by atoms with van der Waals surface area (Å²) in [6.45, 7) is 2.13. The first-order valence-corrected chi connectivity index (χ1v) is 7.59. The molecule has 1 aliphatic carbocycles. The highest BCUT2D eigenvalue weighted by Gasteiger charge is 2.29. The smallest absolute Gasteiger partial charge is 0.0356 e. The number of hydrogen-bond acceptors (Lipinski definition) is 1. The van der Waals surface area contributed by atoms with E-state index in [1.165, 1.54) is 29.7 Å². The predicted molar refractivity (Wildman–Crippen MR) is 84.7 cm³/mol. The van der Waals surface area contributed by atoms with E-state index in [9.17, 15) is 0 Å². The summed E-state index contributed by atoms with van der Waals surface area (Å²) in [5.74, 6) is 0.729. The summed E-state index contributed by atoms with van der Waals surface area (Å²) < 4.78 is 1.15. The fourth-order valence-corrected chi connectivity index (χ4v) is 3.40. The minimum atomic E-state index is 0.610. The van der Waals surface area contributed by atoms with E-state index < -0.39 is 0 Å². The van der Waals surface area contributed by atoms with Crippen molar-refractivity contribution < 1.29 is 0 Å². The van der Waals surface area contributed by atoms with Gasteiger partial charge in [-0.15, -0.1) is 0 Å². The Kier molecular flexibility index (Phi) is 3.61. The fourth-order valence-electron chi connectivity index (χ4n) is 2.79. The molecular formula is C17H18BrN. The molecule has 2 heteroatoms. The van der Waals surface area contributed by atoms with Crippen LogP contribution in [0.2, 0.25) is 0 Å². The lowest BCUT2D eigenvalue weighted by Gasteiger charge is -2.37. The van der Waals surface area contributed by atoms with Gasteiger partial charge in [-0.2, -0.15) is 0 Å². The highest BCUT2D eigenvalue weighted by molar-refractivity contribution is 9.10. The van der Waals surface area contributed by atoms with Crippen LogP contribution < -0.4 is 5.32 Å². The second-order valence-corrected chi connectivity index (χ2v) is 6.35. The largest absolute Gasteiger partial charge is 0.382 e. The summed E-state index contributed by atoms with van der Waals surface area (Å²) in [7, 11) is 0. The third-order valence-electron chi connectivity index (χ3n) is 3.82. The molecule has 0 atom stereocenters. The van der Waals surface area contributed by atoms with Crippen LogP contribution in [0.15, 0.2) is 53.0 Å². The van der Waals surface area contributed by atoms with Crippen molar-refractivity contribution >= 4 is 21.6 Å². The third kappa shape index (κ3) is 3.01. The van der Waals surface area contributed by atoms with Gasteiger partial charge in [-0.1, -0.05) is 46.3 Å². The van der Waals surface area contributed by atoms with Gasteiger partial charge in [0.1, 0.15) is 0 Å². The molecule has 0 amide bonds. The molecule has 0 spiro atoms. The molecular weight excluding hydrogens is 298 g/mol. The average molecular weight is 316 g/mol. The summed E-state index contributed by atoms with van der Waals surface area (Å²) in [6, 6.07) is 17.9. The van der Waals surface area contributed by atoms with E-state index in [2.05, 4.69) is 76.7 Å². The van der Waals surface area contributed by atoms with Gasteiger partial charge in [0, 0.05) is 16.2 Å². The van der Waals surface area contributed by atoms with Crippen molar-refractivity contribution in [1.82, 2.24) is 0 Å². The first-order chi connectivity index (χ1) is 9.20. The topological polar surface area (TPSA) is 12.0 Å². The van der Waals surface area contributed by atoms with Crippen molar-refractivity contribution in [2.45, 2.75) is 31.7 Å². The van der Waals surface area contributed by atoms with Gasteiger partial charge in [-0.25, -0.2) is 0 Å². The Balaban J connectivity index is 1.59. The van der Waals surface area contributed by atoms with Crippen molar-refractivity contribution in [3.8, 4) is 0 Å². The van der Waals surface area contributed by atoms with Crippen LogP contribution in [-0.4, -0.2) is 6.04 Å². The van der Waals surface area contributed by atoms with E-state index in [1.807, 2.05) is 0 Å². The number of benzene rings is 2. The molecule has 1 nitrogen and oxygen atoms in total. The van der Waals surface area contributed by atoms with Crippen LogP contribution in [0.5, 0.6) is 0 Å². The maximum atomic E-state index is 3.63. The molecule has 0 aromatic heterocycles. The number of aryl methyl sites for hydroxylation is 1. The van der Waals surface area contributed by atoms with Gasteiger partial charge in [0.2, 0.25) is 0 Å². The van der Waals surface area contributed by atoms with Crippen LogP contribution in [0.1, 0.15) is 29.9 Å². The Labute approximate surface area is 123 Å². The zero-order valence-electron chi connectivity index (χ0n) is 11.1. The fraction of sp³-hybridized carbons (Fsp3) is 0.294. The SMILES string of the molecule is Cc1cc(Br)cc(NC2CC(c3ccccc3)C2)c1. The Morgan fingerprint density at radius 3 is 2.47 bits per heavy atom. The second-order valence-electron chi connectivity index (χ2n) is 5.44. The van der Waals surface area contributed by atoms with Crippen LogP contribution in [0.25, 0.3) is 0 Å². The number of rotatable bonds is 3. The highest BCUT2D eigenvalue weighted by Crippen LogP contribution is 2.38. The van der Waals surface area contributed by atoms with Crippen molar-refractivity contribution in [2.75, 3.05) is 5.32 Å². The van der Waals surface area contributed by atoms with E-state index in [-0.39, 0.29) is 0 Å². The Morgan fingerprint density at radius 2 is 1.79 bits per heavy atom. The maximum Gasteiger partial charge on any atom is 0.0356 e. The van der Waals surface area contributed by atoms with Crippen molar-refractivity contribution in [2.24, 2.45) is 0 Å². The number of hydrogen-bond donors (Lipinski definition) is 1. The zero-order valence-corrected chi connectivity index (χ0v) is 12.7. The first-order valence-electron chi connectivity index (χ1n) is 6.79. The van der Waals surface area contributed by atoms with Crippen LogP contribution >= 0.6 is 15.9 Å². The lowest BCUT2D eigenvalue weighted by Crippen LogP contribution is -2.33. The monoisotopic (exact) mass is 315 g/mol. The second kappa shape index (κ2) is 5.38. The molecule has 0 saturated heterocycles. The minimum Gasteiger partial charge on any atom is -0.382 e. The third-order valence-corrected chi connectivity index (χ3v) is 4.28. The molecule has 1 aliphatic rings. The van der Waals surface area contributed by atoms with Crippen molar-refractivity contribution in [3.63, 3.8) is 0 Å². The first kappa shape index (κ1) is 12.7. The molecule has 0 heterocycles. The Hall–Kier alpha value is -1.28. The Bertz CT molecular complexity index is 538. The van der Waals surface area contributed by atoms with E-state index >= 15 is 0 Å². The maximum absolute atomic E-state index is 3.63. The summed E-state index contributed by atoms with van der Waals surface area (Å²) in [6.07, 6.45) is 2.46. The molecule has 3 rings (SSSR count). The molecule has 2 aromatic rings. The molecule has 1 N–H and O–H groups in total. The van der Waals surface area contributed by atoms with Crippen LogP contribution in [0, 0.1) is 6.92 Å². The van der Waals surface area contributed by atoms with Gasteiger partial charge < -0.3 is 5.32 Å². The van der Waals surface area contributed by atoms with Gasteiger partial charge in [0.05, 0.1) is 0 Å². The van der Waals surface area contributed by atoms with Crippen molar-refractivity contribution in [1.29, 1.82) is 0 Å². The lowest BCUT2D eigenvalue weighted by atomic mass is 9.76. The van der Waals surface area contributed by atoms with Crippen LogP contribution in [0.4, 0.5) is 5.69 Å². The van der Waals surface area contributed by atoms with Gasteiger partial charge in [-0.3, -0.25) is 0 Å². The number of nitrogens with one attached hydrogen (secondary N) is 1. The summed E-state index contributed by atoms with van der Waals surface area (Å²) in [4.78, 5) is 0. The average Bonchev–Trinajstić information content (AvgIpc) is 2.33. The summed E-state index contributed by atoms with van der Waals surface area (Å²) in [5.41, 5.74) is 3.99. The molecule has 0 unspecified atom stereocenters. The number of halogens is 1. The van der Waals surface area contributed by atoms with Crippen LogP contribution in [0.3, 0.4) is 0 Å². The van der Waals surface area contributed by atoms with Gasteiger partial charge in [0.25, 0.3) is 0 Å². The summed E-state index contributed by atoms with van der Waals surface area (Å²) >= 11 is 3.55. The quantitative estimate of drug-likeness (QED) is 0.829. The molecule has 0 radical (unpaired) electrons. The highest BCUT2D eigenvalue weighted by atomic mass is 79.9. The Morgan fingerprint density at radius 1 is 1.05 bits per heavy atom. The number of anilines is 1. The van der Waals surface area contributed by atoms with E-state index in [0.29, 0.717) is 6.04 Å². The zero-order chi connectivity index (χ0) is 13.2. The minimum absolute atomic E-state index is 0.610. The molecule has 1 fully saturated rings. The van der Waals surface area contributed by atoms with Crippen LogP contribution in [-0.2, 0) is 0 Å².